The van der Waals surface area contributed by atoms with Gasteiger partial charge in [-0.25, -0.2) is 0 Å². The van der Waals surface area contributed by atoms with E-state index in [0.717, 1.165) is 5.69 Å². The second-order valence-electron chi connectivity index (χ2n) is 6.09. The largest absolute Gasteiger partial charge is 0.353 e. The summed E-state index contributed by atoms with van der Waals surface area (Å²) in [5, 5.41) is 2.83. The van der Waals surface area contributed by atoms with E-state index in [-0.39, 0.29) is 37.0 Å². The van der Waals surface area contributed by atoms with Crippen molar-refractivity contribution in [2.75, 3.05) is 25.0 Å². The lowest BCUT2D eigenvalue weighted by Gasteiger charge is -2.29. The van der Waals surface area contributed by atoms with E-state index in [4.69, 9.17) is 0 Å². The fourth-order valence-corrected chi connectivity index (χ4v) is 2.29. The summed E-state index contributed by atoms with van der Waals surface area (Å²) in [6.45, 7) is 8.22. The van der Waals surface area contributed by atoms with E-state index in [2.05, 4.69) is 5.32 Å². The molecule has 0 atom stereocenters. The van der Waals surface area contributed by atoms with Gasteiger partial charge in [-0.3, -0.25) is 14.5 Å². The molecule has 0 radical (unpaired) electrons. The Kier molecular flexibility index (Phi) is 7.05. The second kappa shape index (κ2) is 8.54. The summed E-state index contributed by atoms with van der Waals surface area (Å²) < 4.78 is 0. The number of benzene rings is 1. The van der Waals surface area contributed by atoms with Crippen molar-refractivity contribution in [3.8, 4) is 0 Å². The Labute approximate surface area is 133 Å². The van der Waals surface area contributed by atoms with Gasteiger partial charge in [0.2, 0.25) is 11.8 Å². The van der Waals surface area contributed by atoms with Crippen LogP contribution in [0, 0.1) is 0 Å². The molecule has 0 saturated heterocycles. The zero-order valence-corrected chi connectivity index (χ0v) is 14.2. The summed E-state index contributed by atoms with van der Waals surface area (Å²) >= 11 is 0. The quantitative estimate of drug-likeness (QED) is 0.837. The van der Waals surface area contributed by atoms with Crippen LogP contribution in [0.1, 0.15) is 27.7 Å². The number of carbonyl (C=O) groups excluding carboxylic acids is 2. The Morgan fingerprint density at radius 3 is 2.14 bits per heavy atom. The summed E-state index contributed by atoms with van der Waals surface area (Å²) in [5.74, 6) is -0.0813. The molecule has 0 spiro atoms. The average molecular weight is 305 g/mol. The number of likely N-dealkylation sites (N-methyl/N-ethyl adjacent to an activating group) is 1. The lowest BCUT2D eigenvalue weighted by atomic mass is 10.2. The summed E-state index contributed by atoms with van der Waals surface area (Å²) in [4.78, 5) is 27.8. The number of anilines is 1. The van der Waals surface area contributed by atoms with Gasteiger partial charge in [0.05, 0.1) is 13.1 Å². The molecule has 0 saturated carbocycles. The van der Waals surface area contributed by atoms with E-state index in [1.807, 2.05) is 58.0 Å². The van der Waals surface area contributed by atoms with Crippen molar-refractivity contribution < 1.29 is 9.59 Å². The molecule has 1 aromatic carbocycles. The highest BCUT2D eigenvalue weighted by molar-refractivity contribution is 5.95. The highest BCUT2D eigenvalue weighted by atomic mass is 16.2. The van der Waals surface area contributed by atoms with Crippen LogP contribution in [0.3, 0.4) is 0 Å². The fourth-order valence-electron chi connectivity index (χ4n) is 2.29. The molecule has 1 aromatic rings. The van der Waals surface area contributed by atoms with Gasteiger partial charge in [-0.2, -0.15) is 0 Å². The first-order chi connectivity index (χ1) is 10.3. The number of nitrogens with one attached hydrogen (secondary N) is 1. The van der Waals surface area contributed by atoms with E-state index in [9.17, 15) is 9.59 Å². The van der Waals surface area contributed by atoms with Crippen LogP contribution in [-0.4, -0.2) is 48.9 Å². The number of carbonyl (C=O) groups is 2. The molecule has 22 heavy (non-hydrogen) atoms. The summed E-state index contributed by atoms with van der Waals surface area (Å²) in [6.07, 6.45) is 0. The predicted molar refractivity (Wildman–Crippen MR) is 89.8 cm³/mol. The molecule has 0 aliphatic rings. The number of amides is 2. The standard InChI is InChI=1S/C17H27N3O2/c1-13(2)18-16(21)11-19(5)12-17(22)20(14(3)4)15-9-7-6-8-10-15/h6-10,13-14H,11-12H2,1-5H3,(H,18,21). The van der Waals surface area contributed by atoms with Crippen LogP contribution in [0.15, 0.2) is 30.3 Å². The minimum absolute atomic E-state index is 0.0129. The summed E-state index contributed by atoms with van der Waals surface area (Å²) in [6, 6.07) is 9.76. The molecule has 0 aromatic heterocycles. The lowest BCUT2D eigenvalue weighted by Crippen LogP contribution is -2.46. The Morgan fingerprint density at radius 2 is 1.64 bits per heavy atom. The van der Waals surface area contributed by atoms with Crippen LogP contribution >= 0.6 is 0 Å². The minimum Gasteiger partial charge on any atom is -0.353 e. The van der Waals surface area contributed by atoms with Crippen molar-refractivity contribution >= 4 is 17.5 Å². The van der Waals surface area contributed by atoms with Gasteiger partial charge in [-0.05, 0) is 46.9 Å². The third-order valence-corrected chi connectivity index (χ3v) is 3.09. The highest BCUT2D eigenvalue weighted by Crippen LogP contribution is 2.16. The van der Waals surface area contributed by atoms with E-state index in [1.165, 1.54) is 0 Å². The van der Waals surface area contributed by atoms with Crippen molar-refractivity contribution in [1.82, 2.24) is 10.2 Å². The average Bonchev–Trinajstić information content (AvgIpc) is 2.37. The normalized spacial score (nSPS) is 11.1. The van der Waals surface area contributed by atoms with Gasteiger partial charge in [0.15, 0.2) is 0 Å². The van der Waals surface area contributed by atoms with Crippen LogP contribution in [0.2, 0.25) is 0 Å². The molecule has 0 aliphatic heterocycles. The monoisotopic (exact) mass is 305 g/mol. The van der Waals surface area contributed by atoms with Crippen LogP contribution in [0.5, 0.6) is 0 Å². The maximum atomic E-state index is 12.6. The zero-order chi connectivity index (χ0) is 16.7. The molecular formula is C17H27N3O2. The molecule has 2 amide bonds. The molecule has 0 fully saturated rings. The molecular weight excluding hydrogens is 278 g/mol. The van der Waals surface area contributed by atoms with Crippen molar-refractivity contribution in [3.63, 3.8) is 0 Å². The molecule has 0 aliphatic carbocycles. The molecule has 122 valence electrons. The van der Waals surface area contributed by atoms with Crippen LogP contribution in [0.4, 0.5) is 5.69 Å². The van der Waals surface area contributed by atoms with Gasteiger partial charge < -0.3 is 10.2 Å². The van der Waals surface area contributed by atoms with E-state index >= 15 is 0 Å². The maximum absolute atomic E-state index is 12.6. The smallest absolute Gasteiger partial charge is 0.241 e. The van der Waals surface area contributed by atoms with Gasteiger partial charge in [-0.1, -0.05) is 18.2 Å². The van der Waals surface area contributed by atoms with Crippen molar-refractivity contribution in [1.29, 1.82) is 0 Å². The van der Waals surface area contributed by atoms with Gasteiger partial charge in [0.25, 0.3) is 0 Å². The number of hydrogen-bond donors (Lipinski definition) is 1. The number of rotatable bonds is 7. The van der Waals surface area contributed by atoms with E-state index < -0.39 is 0 Å². The van der Waals surface area contributed by atoms with E-state index in [0.29, 0.717) is 0 Å². The van der Waals surface area contributed by atoms with Crippen molar-refractivity contribution in [3.05, 3.63) is 30.3 Å². The van der Waals surface area contributed by atoms with Crippen LogP contribution in [0.25, 0.3) is 0 Å². The Balaban J connectivity index is 2.66. The fraction of sp³-hybridized carbons (Fsp3) is 0.529. The van der Waals surface area contributed by atoms with Crippen molar-refractivity contribution in [2.24, 2.45) is 0 Å². The Morgan fingerprint density at radius 1 is 1.05 bits per heavy atom. The van der Waals surface area contributed by atoms with Gasteiger partial charge in [0, 0.05) is 17.8 Å². The number of nitrogens with zero attached hydrogens (tertiary/aromatic N) is 2. The third-order valence-electron chi connectivity index (χ3n) is 3.09. The first-order valence-electron chi connectivity index (χ1n) is 7.66. The third kappa shape index (κ3) is 5.85. The molecule has 0 unspecified atom stereocenters. The first kappa shape index (κ1) is 18.2. The molecule has 5 nitrogen and oxygen atoms in total. The van der Waals surface area contributed by atoms with Crippen molar-refractivity contribution in [2.45, 2.75) is 39.8 Å². The Bertz CT molecular complexity index is 486. The Hall–Kier alpha value is -1.88. The van der Waals surface area contributed by atoms with E-state index in [1.54, 1.807) is 16.8 Å². The summed E-state index contributed by atoms with van der Waals surface area (Å²) in [5.41, 5.74) is 0.877. The van der Waals surface area contributed by atoms with Gasteiger partial charge in [0.1, 0.15) is 0 Å². The van der Waals surface area contributed by atoms with Gasteiger partial charge >= 0.3 is 0 Å². The number of para-hydroxylation sites is 1. The van der Waals surface area contributed by atoms with Crippen LogP contribution < -0.4 is 10.2 Å². The minimum atomic E-state index is -0.0684. The second-order valence-corrected chi connectivity index (χ2v) is 6.09. The summed E-state index contributed by atoms with van der Waals surface area (Å²) in [7, 11) is 1.78. The predicted octanol–water partition coefficient (Wildman–Crippen LogP) is 1.88. The maximum Gasteiger partial charge on any atom is 0.241 e. The highest BCUT2D eigenvalue weighted by Gasteiger charge is 2.21. The topological polar surface area (TPSA) is 52.7 Å². The molecule has 0 bridgehead atoms. The zero-order valence-electron chi connectivity index (χ0n) is 14.2. The molecule has 1 rings (SSSR count). The van der Waals surface area contributed by atoms with Crippen LogP contribution in [-0.2, 0) is 9.59 Å². The SMILES string of the molecule is CC(C)NC(=O)CN(C)CC(=O)N(c1ccccc1)C(C)C. The first-order valence-corrected chi connectivity index (χ1v) is 7.66. The number of hydrogen-bond acceptors (Lipinski definition) is 3. The molecule has 1 N–H and O–H groups in total. The van der Waals surface area contributed by atoms with Gasteiger partial charge in [-0.15, -0.1) is 0 Å². The molecule has 0 heterocycles. The lowest BCUT2D eigenvalue weighted by molar-refractivity contribution is -0.124. The molecule has 5 heteroatoms.